The van der Waals surface area contributed by atoms with E-state index in [9.17, 15) is 4.79 Å². The minimum absolute atomic E-state index is 0.159. The first-order chi connectivity index (χ1) is 5.84. The maximum absolute atomic E-state index is 11.0. The molecule has 1 heterocycles. The fourth-order valence-electron chi connectivity index (χ4n) is 0.798. The molecule has 0 saturated heterocycles. The molecule has 0 radical (unpaired) electrons. The zero-order valence-electron chi connectivity index (χ0n) is 8.88. The van der Waals surface area contributed by atoms with E-state index in [0.29, 0.717) is 0 Å². The highest BCUT2D eigenvalue weighted by Gasteiger charge is 2.14. The number of nitrogens with zero attached hydrogens (tertiary/aromatic N) is 2. The predicted molar refractivity (Wildman–Crippen MR) is 47.2 cm³/mol. The Balaban J connectivity index is 3.22. The second-order valence-corrected chi connectivity index (χ2v) is 3.80. The van der Waals surface area contributed by atoms with E-state index in [2.05, 4.69) is 4.98 Å². The molecule has 0 unspecified atom stereocenters. The molecule has 66 valence electrons. The summed E-state index contributed by atoms with van der Waals surface area (Å²) in [6.07, 6.45) is 1.74. The van der Waals surface area contributed by atoms with Crippen LogP contribution in [-0.4, -0.2) is 15.3 Å². The van der Waals surface area contributed by atoms with Crippen molar-refractivity contribution in [1.82, 2.24) is 9.55 Å². The molecule has 0 spiro atoms. The number of carbonyl (C=O) groups is 1. The van der Waals surface area contributed by atoms with E-state index < -0.39 is 0 Å². The van der Waals surface area contributed by atoms with Crippen LogP contribution in [-0.2, 0) is 5.54 Å². The van der Waals surface area contributed by atoms with Gasteiger partial charge in [-0.1, -0.05) is 0 Å². The van der Waals surface area contributed by atoms with Crippen molar-refractivity contribution in [1.29, 1.82) is 0 Å². The Kier molecular flexibility index (Phi) is 1.71. The van der Waals surface area contributed by atoms with Gasteiger partial charge in [-0.05, 0) is 20.8 Å². The maximum Gasteiger partial charge on any atom is 0.179 e. The minimum atomic E-state index is -0.197. The van der Waals surface area contributed by atoms with Crippen LogP contribution in [0.25, 0.3) is 0 Å². The quantitative estimate of drug-likeness (QED) is 0.600. The number of ketones is 1. The van der Waals surface area contributed by atoms with Gasteiger partial charge in [0.05, 0.1) is 7.70 Å². The molecule has 0 aliphatic heterocycles. The highest BCUT2D eigenvalue weighted by Crippen LogP contribution is 2.13. The lowest BCUT2D eigenvalue weighted by atomic mass is 10.1. The van der Waals surface area contributed by atoms with Gasteiger partial charge in [0.15, 0.2) is 5.78 Å². The first kappa shape index (κ1) is 7.53. The molecule has 0 bridgehead atoms. The lowest BCUT2D eigenvalue weighted by Crippen LogP contribution is -2.19. The van der Waals surface area contributed by atoms with Crippen LogP contribution in [0.5, 0.6) is 0 Å². The van der Waals surface area contributed by atoms with Gasteiger partial charge in [0, 0.05) is 18.6 Å². The minimum Gasteiger partial charge on any atom is -0.331 e. The van der Waals surface area contributed by atoms with E-state index in [4.69, 9.17) is 1.37 Å². The first-order valence-electron chi connectivity index (χ1n) is 4.39. The molecule has 0 saturated carbocycles. The fourth-order valence-corrected chi connectivity index (χ4v) is 0.798. The number of hydrogen-bond acceptors (Lipinski definition) is 2. The molecule has 3 heteroatoms. The Hall–Kier alpha value is -1.12. The molecule has 0 aliphatic rings. The van der Waals surface area contributed by atoms with Gasteiger partial charge in [0.1, 0.15) is 5.69 Å². The van der Waals surface area contributed by atoms with E-state index in [1.807, 2.05) is 20.8 Å². The molecule has 0 fully saturated rings. The second kappa shape index (κ2) is 2.73. The Morgan fingerprint density at radius 2 is 2.25 bits per heavy atom. The highest BCUT2D eigenvalue weighted by molar-refractivity contribution is 5.91. The largest absolute Gasteiger partial charge is 0.331 e. The number of Topliss-reactive ketones (excluding diaryl/α,β-unsaturated/α-hetero) is 1. The zero-order valence-corrected chi connectivity index (χ0v) is 7.88. The second-order valence-electron chi connectivity index (χ2n) is 3.80. The molecule has 3 nitrogen and oxygen atoms in total. The Morgan fingerprint density at radius 3 is 2.50 bits per heavy atom. The summed E-state index contributed by atoms with van der Waals surface area (Å²) in [4.78, 5) is 14.9. The van der Waals surface area contributed by atoms with Crippen LogP contribution in [0.1, 0.15) is 39.6 Å². The number of aromatic nitrogens is 2. The molecule has 0 atom stereocenters. The van der Waals surface area contributed by atoms with Gasteiger partial charge in [-0.3, -0.25) is 4.79 Å². The summed E-state index contributed by atoms with van der Waals surface area (Å²) in [5.41, 5.74) is 0.0487. The van der Waals surface area contributed by atoms with Crippen LogP contribution in [0.3, 0.4) is 0 Å². The van der Waals surface area contributed by atoms with E-state index in [-0.39, 0.29) is 23.2 Å². The summed E-state index contributed by atoms with van der Waals surface area (Å²) in [7, 11) is 0. The number of rotatable bonds is 1. The van der Waals surface area contributed by atoms with Gasteiger partial charge in [0.25, 0.3) is 0 Å². The summed E-state index contributed by atoms with van der Waals surface area (Å²) < 4.78 is 9.38. The molecular weight excluding hydrogens is 152 g/mol. The highest BCUT2D eigenvalue weighted by atomic mass is 16.1. The lowest BCUT2D eigenvalue weighted by Gasteiger charge is -2.19. The van der Waals surface area contributed by atoms with E-state index >= 15 is 0 Å². The van der Waals surface area contributed by atoms with E-state index in [1.54, 1.807) is 10.9 Å². The average Bonchev–Trinajstić information content (AvgIpc) is 2.28. The summed E-state index contributed by atoms with van der Waals surface area (Å²) in [6.45, 7) is 7.33. The molecule has 1 rings (SSSR count). The van der Waals surface area contributed by atoms with Crippen molar-refractivity contribution < 1.29 is 6.17 Å². The van der Waals surface area contributed by atoms with Crippen LogP contribution in [0, 0.1) is 0 Å². The third kappa shape index (κ3) is 1.72. The summed E-state index contributed by atoms with van der Waals surface area (Å²) in [5, 5.41) is 0. The van der Waals surface area contributed by atoms with Crippen molar-refractivity contribution in [2.45, 2.75) is 33.2 Å². The maximum atomic E-state index is 11.0. The van der Waals surface area contributed by atoms with Gasteiger partial charge >= 0.3 is 0 Å². The van der Waals surface area contributed by atoms with Crippen molar-refractivity contribution in [2.24, 2.45) is 0 Å². The summed E-state index contributed by atoms with van der Waals surface area (Å²) in [6, 6.07) is 0. The van der Waals surface area contributed by atoms with Crippen molar-refractivity contribution >= 4 is 5.78 Å². The van der Waals surface area contributed by atoms with Crippen molar-refractivity contribution in [3.8, 4) is 0 Å². The zero-order chi connectivity index (χ0) is 10.2. The lowest BCUT2D eigenvalue weighted by molar-refractivity contribution is 0.101. The Labute approximate surface area is 73.8 Å². The number of imidazole rings is 1. The molecule has 1 aromatic rings. The van der Waals surface area contributed by atoms with Crippen LogP contribution in [0.15, 0.2) is 12.5 Å². The van der Waals surface area contributed by atoms with Gasteiger partial charge in [-0.25, -0.2) is 4.98 Å². The first-order valence-corrected chi connectivity index (χ1v) is 3.89. The fraction of sp³-hybridized carbons (Fsp3) is 0.556. The standard InChI is InChI=1S/C9H14N2O/c1-7(12)8-5-11(6-10-8)9(2,3)4/h5-6H,1-4H3/i5T. The Bertz CT molecular complexity index is 336. The molecule has 1 aromatic heterocycles. The third-order valence-corrected chi connectivity index (χ3v) is 1.58. The van der Waals surface area contributed by atoms with Crippen molar-refractivity contribution in [3.05, 3.63) is 18.2 Å². The van der Waals surface area contributed by atoms with Crippen LogP contribution in [0.2, 0.25) is 0 Å². The molecule has 0 amide bonds. The van der Waals surface area contributed by atoms with Crippen molar-refractivity contribution in [3.63, 3.8) is 0 Å². The molecular formula is C9H14N2O. The predicted octanol–water partition coefficient (Wildman–Crippen LogP) is 1.84. The Morgan fingerprint density at radius 1 is 1.67 bits per heavy atom. The SMILES string of the molecule is [3H]c1c(C(C)=O)ncn1C(C)(C)C. The number of hydrogen-bond donors (Lipinski definition) is 0. The molecule has 0 aliphatic carbocycles. The van der Waals surface area contributed by atoms with Crippen LogP contribution in [0.4, 0.5) is 0 Å². The van der Waals surface area contributed by atoms with Gasteiger partial charge in [0.2, 0.25) is 0 Å². The van der Waals surface area contributed by atoms with Gasteiger partial charge in [-0.2, -0.15) is 0 Å². The average molecular weight is 168 g/mol. The smallest absolute Gasteiger partial charge is 0.179 e. The van der Waals surface area contributed by atoms with Crippen LogP contribution >= 0.6 is 0 Å². The molecule has 0 aromatic carbocycles. The number of carbonyl (C=O) groups excluding carboxylic acids is 1. The van der Waals surface area contributed by atoms with E-state index in [1.165, 1.54) is 6.92 Å². The summed E-state index contributed by atoms with van der Waals surface area (Å²) in [5.74, 6) is -0.159. The van der Waals surface area contributed by atoms with E-state index in [0.717, 1.165) is 0 Å². The van der Waals surface area contributed by atoms with Crippen molar-refractivity contribution in [2.75, 3.05) is 0 Å². The topological polar surface area (TPSA) is 34.9 Å². The molecule has 12 heavy (non-hydrogen) atoms. The molecule has 0 N–H and O–H groups in total. The summed E-state index contributed by atoms with van der Waals surface area (Å²) >= 11 is 0. The van der Waals surface area contributed by atoms with Gasteiger partial charge in [-0.15, -0.1) is 0 Å². The third-order valence-electron chi connectivity index (χ3n) is 1.58. The normalized spacial score (nSPS) is 12.8. The monoisotopic (exact) mass is 168 g/mol. The van der Waals surface area contributed by atoms with Crippen LogP contribution < -0.4 is 0 Å². The van der Waals surface area contributed by atoms with Gasteiger partial charge < -0.3 is 4.57 Å².